The Morgan fingerprint density at radius 3 is 2.17 bits per heavy atom. The van der Waals surface area contributed by atoms with Gasteiger partial charge in [-0.3, -0.25) is 9.59 Å². The van der Waals surface area contributed by atoms with Gasteiger partial charge in [-0.1, -0.05) is 48.5 Å². The van der Waals surface area contributed by atoms with Crippen molar-refractivity contribution in [2.24, 2.45) is 5.10 Å². The average Bonchev–Trinajstić information content (AvgIpc) is 2.75. The highest BCUT2D eigenvalue weighted by molar-refractivity contribution is 5.91. The maximum atomic E-state index is 11.9. The topological polar surface area (TPSA) is 79.8 Å². The summed E-state index contributed by atoms with van der Waals surface area (Å²) in [6, 6.07) is 25.7. The van der Waals surface area contributed by atoms with Gasteiger partial charge < -0.3 is 10.1 Å². The predicted molar refractivity (Wildman–Crippen MR) is 113 cm³/mol. The van der Waals surface area contributed by atoms with Crippen molar-refractivity contribution in [1.82, 2.24) is 5.43 Å². The first-order chi connectivity index (χ1) is 14.2. The van der Waals surface area contributed by atoms with Gasteiger partial charge in [-0.15, -0.1) is 0 Å². The summed E-state index contributed by atoms with van der Waals surface area (Å²) >= 11 is 0. The number of hydrogen-bond donors (Lipinski definition) is 2. The number of amides is 2. The summed E-state index contributed by atoms with van der Waals surface area (Å²) in [7, 11) is 0. The van der Waals surface area contributed by atoms with Gasteiger partial charge in [-0.2, -0.15) is 5.10 Å². The minimum atomic E-state index is -0.233. The smallest absolute Gasteiger partial charge is 0.262 e. The van der Waals surface area contributed by atoms with Gasteiger partial charge in [0, 0.05) is 5.69 Å². The first kappa shape index (κ1) is 19.8. The summed E-state index contributed by atoms with van der Waals surface area (Å²) in [5.74, 6) is 0.151. The van der Waals surface area contributed by atoms with Crippen LogP contribution in [0.2, 0.25) is 0 Å². The van der Waals surface area contributed by atoms with Gasteiger partial charge in [-0.05, 0) is 47.5 Å². The van der Waals surface area contributed by atoms with Gasteiger partial charge in [0.1, 0.15) is 5.75 Å². The van der Waals surface area contributed by atoms with Crippen LogP contribution in [0.25, 0.3) is 0 Å². The number of ether oxygens (including phenoxy) is 1. The van der Waals surface area contributed by atoms with Gasteiger partial charge in [0.15, 0.2) is 6.61 Å². The van der Waals surface area contributed by atoms with Crippen LogP contribution in [0, 0.1) is 0 Å². The molecule has 0 bridgehead atoms. The lowest BCUT2D eigenvalue weighted by Gasteiger charge is -2.07. The molecule has 0 aliphatic rings. The standard InChI is InChI=1S/C23H21N3O3/c27-22(15-18-7-3-1-4-8-18)26-24-16-19-11-13-21(14-12-19)29-17-23(28)25-20-9-5-2-6-10-20/h1-14,16H,15,17H2,(H,25,28)(H,26,27)/b24-16+. The molecule has 0 spiro atoms. The van der Waals surface area contributed by atoms with E-state index < -0.39 is 0 Å². The van der Waals surface area contributed by atoms with Crippen LogP contribution in [-0.4, -0.2) is 24.6 Å². The Bertz CT molecular complexity index is 956. The van der Waals surface area contributed by atoms with Crippen molar-refractivity contribution in [1.29, 1.82) is 0 Å². The minimum absolute atomic E-state index is 0.0854. The number of anilines is 1. The summed E-state index contributed by atoms with van der Waals surface area (Å²) in [4.78, 5) is 23.7. The zero-order valence-electron chi connectivity index (χ0n) is 15.7. The second-order valence-electron chi connectivity index (χ2n) is 6.23. The average molecular weight is 387 g/mol. The van der Waals surface area contributed by atoms with Crippen molar-refractivity contribution in [3.8, 4) is 5.75 Å². The number of hydrazone groups is 1. The molecule has 0 unspecified atom stereocenters. The van der Waals surface area contributed by atoms with Gasteiger partial charge >= 0.3 is 0 Å². The largest absolute Gasteiger partial charge is 0.484 e. The molecule has 0 aliphatic carbocycles. The molecule has 146 valence electrons. The van der Waals surface area contributed by atoms with Crippen molar-refractivity contribution in [2.75, 3.05) is 11.9 Å². The minimum Gasteiger partial charge on any atom is -0.484 e. The molecule has 0 atom stereocenters. The van der Waals surface area contributed by atoms with Gasteiger partial charge in [-0.25, -0.2) is 5.43 Å². The quantitative estimate of drug-likeness (QED) is 0.459. The lowest BCUT2D eigenvalue weighted by atomic mass is 10.1. The molecular formula is C23H21N3O3. The molecule has 0 saturated heterocycles. The maximum Gasteiger partial charge on any atom is 0.262 e. The molecule has 0 fully saturated rings. The molecule has 0 heterocycles. The van der Waals surface area contributed by atoms with Crippen molar-refractivity contribution in [2.45, 2.75) is 6.42 Å². The SMILES string of the molecule is O=C(Cc1ccccc1)N/N=C/c1ccc(OCC(=O)Nc2ccccc2)cc1. The Labute approximate surface area is 169 Å². The zero-order valence-corrected chi connectivity index (χ0v) is 15.7. The van der Waals surface area contributed by atoms with Gasteiger partial charge in [0.2, 0.25) is 5.91 Å². The van der Waals surface area contributed by atoms with Crippen LogP contribution in [0.3, 0.4) is 0 Å². The van der Waals surface area contributed by atoms with E-state index in [9.17, 15) is 9.59 Å². The van der Waals surface area contributed by atoms with E-state index in [2.05, 4.69) is 15.8 Å². The Balaban J connectivity index is 1.41. The summed E-state index contributed by atoms with van der Waals surface area (Å²) < 4.78 is 5.48. The third kappa shape index (κ3) is 6.95. The number of nitrogens with zero attached hydrogens (tertiary/aromatic N) is 1. The van der Waals surface area contributed by atoms with Crippen LogP contribution in [0.5, 0.6) is 5.75 Å². The third-order valence-corrected chi connectivity index (χ3v) is 3.92. The second-order valence-corrected chi connectivity index (χ2v) is 6.23. The molecule has 2 amide bonds. The molecule has 29 heavy (non-hydrogen) atoms. The fourth-order valence-electron chi connectivity index (χ4n) is 2.52. The molecular weight excluding hydrogens is 366 g/mol. The highest BCUT2D eigenvalue weighted by Gasteiger charge is 2.04. The number of para-hydroxylation sites is 1. The number of hydrogen-bond acceptors (Lipinski definition) is 4. The first-order valence-electron chi connectivity index (χ1n) is 9.12. The fraction of sp³-hybridized carbons (Fsp3) is 0.0870. The Hall–Kier alpha value is -3.93. The van der Waals surface area contributed by atoms with Crippen molar-refractivity contribution >= 4 is 23.7 Å². The van der Waals surface area contributed by atoms with Gasteiger partial charge in [0.25, 0.3) is 5.91 Å². The molecule has 0 aromatic heterocycles. The van der Waals surface area contributed by atoms with E-state index >= 15 is 0 Å². The molecule has 6 nitrogen and oxygen atoms in total. The maximum absolute atomic E-state index is 11.9. The molecule has 0 aliphatic heterocycles. The van der Waals surface area contributed by atoms with Crippen molar-refractivity contribution < 1.29 is 14.3 Å². The fourth-order valence-corrected chi connectivity index (χ4v) is 2.52. The number of carbonyl (C=O) groups is 2. The molecule has 6 heteroatoms. The van der Waals surface area contributed by atoms with Crippen LogP contribution in [-0.2, 0) is 16.0 Å². The molecule has 3 aromatic rings. The molecule has 3 rings (SSSR count). The first-order valence-corrected chi connectivity index (χ1v) is 9.12. The van der Waals surface area contributed by atoms with E-state index in [4.69, 9.17) is 4.74 Å². The van der Waals surface area contributed by atoms with Crippen LogP contribution >= 0.6 is 0 Å². The second kappa shape index (κ2) is 10.4. The van der Waals surface area contributed by atoms with E-state index in [-0.39, 0.29) is 24.8 Å². The highest BCUT2D eigenvalue weighted by Crippen LogP contribution is 2.11. The van der Waals surface area contributed by atoms with Gasteiger partial charge in [0.05, 0.1) is 12.6 Å². The summed E-state index contributed by atoms with van der Waals surface area (Å²) in [6.45, 7) is -0.0854. The number of rotatable bonds is 8. The zero-order chi connectivity index (χ0) is 20.3. The Morgan fingerprint density at radius 1 is 0.828 bits per heavy atom. The van der Waals surface area contributed by atoms with E-state index in [1.807, 2.05) is 60.7 Å². The van der Waals surface area contributed by atoms with E-state index in [1.54, 1.807) is 30.5 Å². The monoisotopic (exact) mass is 387 g/mol. The van der Waals surface area contributed by atoms with Crippen LogP contribution < -0.4 is 15.5 Å². The molecule has 0 saturated carbocycles. The number of benzene rings is 3. The van der Waals surface area contributed by atoms with Crippen LogP contribution in [0.15, 0.2) is 90.0 Å². The summed E-state index contributed by atoms with van der Waals surface area (Å²) in [5.41, 5.74) is 4.95. The normalized spacial score (nSPS) is 10.5. The summed E-state index contributed by atoms with van der Waals surface area (Å²) in [6.07, 6.45) is 1.82. The van der Waals surface area contributed by atoms with E-state index in [0.717, 1.165) is 16.8 Å². The summed E-state index contributed by atoms with van der Waals surface area (Å²) in [5, 5.41) is 6.71. The molecule has 3 aromatic carbocycles. The number of nitrogens with one attached hydrogen (secondary N) is 2. The Kier molecular flexibility index (Phi) is 7.12. The Morgan fingerprint density at radius 2 is 1.48 bits per heavy atom. The van der Waals surface area contributed by atoms with Crippen molar-refractivity contribution in [3.63, 3.8) is 0 Å². The van der Waals surface area contributed by atoms with Crippen LogP contribution in [0.1, 0.15) is 11.1 Å². The van der Waals surface area contributed by atoms with Crippen LogP contribution in [0.4, 0.5) is 5.69 Å². The lowest BCUT2D eigenvalue weighted by Crippen LogP contribution is -2.20. The predicted octanol–water partition coefficient (Wildman–Crippen LogP) is 3.40. The molecule has 2 N–H and O–H groups in total. The molecule has 0 radical (unpaired) electrons. The third-order valence-electron chi connectivity index (χ3n) is 3.92. The lowest BCUT2D eigenvalue weighted by molar-refractivity contribution is -0.120. The van der Waals surface area contributed by atoms with Crippen molar-refractivity contribution in [3.05, 3.63) is 96.1 Å². The highest BCUT2D eigenvalue weighted by atomic mass is 16.5. The van der Waals surface area contributed by atoms with E-state index in [1.165, 1.54) is 0 Å². The number of carbonyl (C=O) groups excluding carboxylic acids is 2. The van der Waals surface area contributed by atoms with E-state index in [0.29, 0.717) is 5.75 Å².